The second kappa shape index (κ2) is 3.20. The number of hydrogen-bond acceptors (Lipinski definition) is 1. The number of ether oxygens (including phenoxy) is 1. The van der Waals surface area contributed by atoms with Crippen LogP contribution >= 0.6 is 0 Å². The normalized spacial score (nSPS) is 22.3. The summed E-state index contributed by atoms with van der Waals surface area (Å²) >= 11 is 0. The fraction of sp³-hybridized carbons (Fsp3) is 0.667. The zero-order valence-corrected chi connectivity index (χ0v) is 8.23. The molecule has 0 aromatic heterocycles. The SMILES string of the molecule is C#CCOCC1(C(C)=C2CC2)CC1. The molecule has 0 atom stereocenters. The second-order valence-electron chi connectivity index (χ2n) is 4.21. The van der Waals surface area contributed by atoms with Crippen molar-refractivity contribution in [1.29, 1.82) is 0 Å². The Morgan fingerprint density at radius 1 is 1.54 bits per heavy atom. The largest absolute Gasteiger partial charge is 0.368 e. The number of terminal acetylenes is 1. The Hall–Kier alpha value is -0.740. The molecule has 0 bridgehead atoms. The van der Waals surface area contributed by atoms with Crippen LogP contribution in [0.3, 0.4) is 0 Å². The first-order chi connectivity index (χ1) is 6.28. The minimum absolute atomic E-state index is 0.405. The molecule has 13 heavy (non-hydrogen) atoms. The van der Waals surface area contributed by atoms with E-state index in [2.05, 4.69) is 12.8 Å². The van der Waals surface area contributed by atoms with Crippen molar-refractivity contribution >= 4 is 0 Å². The average molecular weight is 176 g/mol. The lowest BCUT2D eigenvalue weighted by molar-refractivity contribution is 0.130. The van der Waals surface area contributed by atoms with E-state index in [-0.39, 0.29) is 0 Å². The smallest absolute Gasteiger partial charge is 0.107 e. The average Bonchev–Trinajstić information content (AvgIpc) is 3.01. The quantitative estimate of drug-likeness (QED) is 0.363. The van der Waals surface area contributed by atoms with E-state index in [1.54, 1.807) is 11.1 Å². The predicted molar refractivity (Wildman–Crippen MR) is 53.3 cm³/mol. The van der Waals surface area contributed by atoms with Gasteiger partial charge in [0.2, 0.25) is 0 Å². The lowest BCUT2D eigenvalue weighted by atomic mass is 9.97. The zero-order valence-electron chi connectivity index (χ0n) is 8.23. The molecule has 0 radical (unpaired) electrons. The summed E-state index contributed by atoms with van der Waals surface area (Å²) in [7, 11) is 0. The molecule has 0 saturated heterocycles. The Balaban J connectivity index is 1.90. The van der Waals surface area contributed by atoms with Gasteiger partial charge in [0.05, 0.1) is 6.61 Å². The molecule has 2 aliphatic rings. The molecule has 0 aromatic carbocycles. The molecule has 2 fully saturated rings. The van der Waals surface area contributed by atoms with Crippen molar-refractivity contribution in [3.63, 3.8) is 0 Å². The number of allylic oxidation sites excluding steroid dienone is 1. The van der Waals surface area contributed by atoms with Crippen molar-refractivity contribution in [3.8, 4) is 12.3 Å². The molecule has 2 rings (SSSR count). The first kappa shape index (κ1) is 8.84. The minimum Gasteiger partial charge on any atom is -0.368 e. The van der Waals surface area contributed by atoms with Crippen LogP contribution in [0.25, 0.3) is 0 Å². The molecule has 1 heteroatoms. The summed E-state index contributed by atoms with van der Waals surface area (Å²) in [5.41, 5.74) is 3.68. The standard InChI is InChI=1S/C12H16O/c1-3-8-13-9-12(6-7-12)10(2)11-4-5-11/h1H,4-9H2,2H3. The van der Waals surface area contributed by atoms with Gasteiger partial charge >= 0.3 is 0 Å². The van der Waals surface area contributed by atoms with Crippen LogP contribution in [-0.4, -0.2) is 13.2 Å². The van der Waals surface area contributed by atoms with E-state index in [1.807, 2.05) is 0 Å². The van der Waals surface area contributed by atoms with E-state index in [0.717, 1.165) is 6.61 Å². The van der Waals surface area contributed by atoms with Crippen LogP contribution in [0.1, 0.15) is 32.6 Å². The predicted octanol–water partition coefficient (Wildman–Crippen LogP) is 2.53. The van der Waals surface area contributed by atoms with Gasteiger partial charge in [-0.05, 0) is 32.6 Å². The molecule has 0 amide bonds. The van der Waals surface area contributed by atoms with E-state index in [0.29, 0.717) is 12.0 Å². The monoisotopic (exact) mass is 176 g/mol. The molecule has 0 N–H and O–H groups in total. The van der Waals surface area contributed by atoms with Crippen LogP contribution in [-0.2, 0) is 4.74 Å². The van der Waals surface area contributed by atoms with Crippen LogP contribution in [0.15, 0.2) is 11.1 Å². The third-order valence-electron chi connectivity index (χ3n) is 3.24. The van der Waals surface area contributed by atoms with Crippen LogP contribution in [0.5, 0.6) is 0 Å². The summed E-state index contributed by atoms with van der Waals surface area (Å²) in [6.45, 7) is 3.57. The van der Waals surface area contributed by atoms with Gasteiger partial charge in [-0.2, -0.15) is 0 Å². The first-order valence-corrected chi connectivity index (χ1v) is 4.99. The Morgan fingerprint density at radius 3 is 2.69 bits per heavy atom. The van der Waals surface area contributed by atoms with Gasteiger partial charge in [-0.3, -0.25) is 0 Å². The van der Waals surface area contributed by atoms with Crippen molar-refractivity contribution in [2.24, 2.45) is 5.41 Å². The molecule has 1 nitrogen and oxygen atoms in total. The fourth-order valence-electron chi connectivity index (χ4n) is 1.90. The van der Waals surface area contributed by atoms with Crippen LogP contribution < -0.4 is 0 Å². The van der Waals surface area contributed by atoms with Gasteiger partial charge in [0.25, 0.3) is 0 Å². The summed E-state index contributed by atoms with van der Waals surface area (Å²) in [5.74, 6) is 2.51. The molecule has 0 unspecified atom stereocenters. The lowest BCUT2D eigenvalue weighted by Gasteiger charge is -2.15. The van der Waals surface area contributed by atoms with Gasteiger partial charge in [0.1, 0.15) is 6.61 Å². The van der Waals surface area contributed by atoms with E-state index in [9.17, 15) is 0 Å². The van der Waals surface area contributed by atoms with E-state index < -0.39 is 0 Å². The highest BCUT2D eigenvalue weighted by Gasteiger charge is 2.46. The molecule has 0 heterocycles. The van der Waals surface area contributed by atoms with Gasteiger partial charge in [-0.1, -0.05) is 17.1 Å². The van der Waals surface area contributed by atoms with Crippen LogP contribution in [0.2, 0.25) is 0 Å². The highest BCUT2D eigenvalue weighted by molar-refractivity contribution is 5.32. The van der Waals surface area contributed by atoms with Gasteiger partial charge in [0, 0.05) is 5.41 Å². The summed E-state index contributed by atoms with van der Waals surface area (Å²) in [5, 5.41) is 0. The number of hydrogen-bond donors (Lipinski definition) is 0. The Morgan fingerprint density at radius 2 is 2.23 bits per heavy atom. The van der Waals surface area contributed by atoms with Crippen molar-refractivity contribution < 1.29 is 4.74 Å². The maximum absolute atomic E-state index is 5.44. The van der Waals surface area contributed by atoms with Gasteiger partial charge in [-0.25, -0.2) is 0 Å². The zero-order chi connectivity index (χ0) is 9.31. The highest BCUT2D eigenvalue weighted by Crippen LogP contribution is 2.55. The Bertz CT molecular complexity index is 270. The van der Waals surface area contributed by atoms with E-state index in [4.69, 9.17) is 11.2 Å². The molecule has 2 aliphatic carbocycles. The molecule has 0 aromatic rings. The maximum atomic E-state index is 5.44. The fourth-order valence-corrected chi connectivity index (χ4v) is 1.90. The summed E-state index contributed by atoms with van der Waals surface area (Å²) in [4.78, 5) is 0. The lowest BCUT2D eigenvalue weighted by Crippen LogP contribution is -2.12. The van der Waals surface area contributed by atoms with Gasteiger partial charge in [-0.15, -0.1) is 6.42 Å². The topological polar surface area (TPSA) is 9.23 Å². The van der Waals surface area contributed by atoms with Crippen molar-refractivity contribution in [1.82, 2.24) is 0 Å². The second-order valence-corrected chi connectivity index (χ2v) is 4.21. The van der Waals surface area contributed by atoms with Crippen LogP contribution in [0.4, 0.5) is 0 Å². The molecular formula is C12H16O. The van der Waals surface area contributed by atoms with Gasteiger partial charge < -0.3 is 4.74 Å². The molecule has 2 saturated carbocycles. The molecule has 0 spiro atoms. The molecule has 0 aliphatic heterocycles. The van der Waals surface area contributed by atoms with Crippen LogP contribution in [0, 0.1) is 17.8 Å². The van der Waals surface area contributed by atoms with Crippen molar-refractivity contribution in [2.45, 2.75) is 32.6 Å². The highest BCUT2D eigenvalue weighted by atomic mass is 16.5. The van der Waals surface area contributed by atoms with E-state index >= 15 is 0 Å². The first-order valence-electron chi connectivity index (χ1n) is 4.99. The maximum Gasteiger partial charge on any atom is 0.107 e. The van der Waals surface area contributed by atoms with Gasteiger partial charge in [0.15, 0.2) is 0 Å². The van der Waals surface area contributed by atoms with Crippen molar-refractivity contribution in [3.05, 3.63) is 11.1 Å². The number of rotatable bonds is 4. The summed E-state index contributed by atoms with van der Waals surface area (Å²) in [6, 6.07) is 0. The molecular weight excluding hydrogens is 160 g/mol. The Labute approximate surface area is 80.2 Å². The van der Waals surface area contributed by atoms with E-state index in [1.165, 1.54) is 25.7 Å². The minimum atomic E-state index is 0.405. The molecule has 70 valence electrons. The van der Waals surface area contributed by atoms with Crippen molar-refractivity contribution in [2.75, 3.05) is 13.2 Å². The third-order valence-corrected chi connectivity index (χ3v) is 3.24. The third kappa shape index (κ3) is 1.78. The Kier molecular flexibility index (Phi) is 2.17. The summed E-state index contributed by atoms with van der Waals surface area (Å²) in [6.07, 6.45) is 10.4. The summed E-state index contributed by atoms with van der Waals surface area (Å²) < 4.78 is 5.44.